The first-order chi connectivity index (χ1) is 8.01. The third-order valence-electron chi connectivity index (χ3n) is 3.22. The van der Waals surface area contributed by atoms with E-state index in [1.807, 2.05) is 45.0 Å². The van der Waals surface area contributed by atoms with Gasteiger partial charge in [0.05, 0.1) is 11.7 Å². The summed E-state index contributed by atoms with van der Waals surface area (Å²) < 4.78 is 6.73. The molecule has 0 saturated heterocycles. The van der Waals surface area contributed by atoms with Crippen LogP contribution < -0.4 is 0 Å². The van der Waals surface area contributed by atoms with Crippen molar-refractivity contribution in [2.75, 3.05) is 6.61 Å². The van der Waals surface area contributed by atoms with E-state index in [0.29, 0.717) is 13.0 Å². The predicted molar refractivity (Wildman–Crippen MR) is 74.2 cm³/mol. The van der Waals surface area contributed by atoms with Crippen molar-refractivity contribution in [1.29, 1.82) is 0 Å². The van der Waals surface area contributed by atoms with E-state index < -0.39 is 11.7 Å². The molecule has 0 aliphatic rings. The molecule has 0 spiro atoms. The Kier molecular flexibility index (Phi) is 5.63. The predicted octanol–water partition coefficient (Wildman–Crippen LogP) is 3.56. The van der Waals surface area contributed by atoms with E-state index in [-0.39, 0.29) is 0 Å². The second kappa shape index (κ2) is 6.53. The standard InChI is InChI=1S/C14H21BrO2/c1-4-14(3,17-5-2)13(16)10-11-6-8-12(15)9-7-11/h6-9,13,16H,4-5,10H2,1-3H3. The van der Waals surface area contributed by atoms with Gasteiger partial charge >= 0.3 is 0 Å². The van der Waals surface area contributed by atoms with Crippen molar-refractivity contribution in [3.63, 3.8) is 0 Å². The Morgan fingerprint density at radius 1 is 1.29 bits per heavy atom. The van der Waals surface area contributed by atoms with Gasteiger partial charge in [-0.15, -0.1) is 0 Å². The van der Waals surface area contributed by atoms with Gasteiger partial charge in [0.2, 0.25) is 0 Å². The second-order valence-electron chi connectivity index (χ2n) is 4.45. The summed E-state index contributed by atoms with van der Waals surface area (Å²) in [6, 6.07) is 8.03. The topological polar surface area (TPSA) is 29.5 Å². The molecule has 96 valence electrons. The lowest BCUT2D eigenvalue weighted by molar-refractivity contribution is -0.110. The summed E-state index contributed by atoms with van der Waals surface area (Å²) in [4.78, 5) is 0. The van der Waals surface area contributed by atoms with Gasteiger partial charge < -0.3 is 9.84 Å². The largest absolute Gasteiger partial charge is 0.390 e. The molecule has 0 aliphatic carbocycles. The van der Waals surface area contributed by atoms with Crippen LogP contribution in [0.1, 0.15) is 32.8 Å². The highest BCUT2D eigenvalue weighted by Crippen LogP contribution is 2.23. The molecule has 1 rings (SSSR count). The lowest BCUT2D eigenvalue weighted by Gasteiger charge is -2.33. The van der Waals surface area contributed by atoms with Crippen LogP contribution in [0.25, 0.3) is 0 Å². The molecule has 0 fully saturated rings. The first-order valence-corrected chi connectivity index (χ1v) is 6.87. The Balaban J connectivity index is 2.69. The summed E-state index contributed by atoms with van der Waals surface area (Å²) in [6.45, 7) is 6.60. The monoisotopic (exact) mass is 300 g/mol. The molecular weight excluding hydrogens is 280 g/mol. The normalized spacial score (nSPS) is 16.5. The van der Waals surface area contributed by atoms with Crippen LogP contribution in [0.2, 0.25) is 0 Å². The first kappa shape index (κ1) is 14.7. The Bertz CT molecular complexity index is 337. The van der Waals surface area contributed by atoms with Crippen LogP contribution in [0.15, 0.2) is 28.7 Å². The zero-order chi connectivity index (χ0) is 12.9. The molecule has 0 heterocycles. The maximum Gasteiger partial charge on any atom is 0.0912 e. The summed E-state index contributed by atoms with van der Waals surface area (Å²) in [5.74, 6) is 0. The number of ether oxygens (including phenoxy) is 1. The number of rotatable bonds is 6. The number of benzene rings is 1. The fourth-order valence-corrected chi connectivity index (χ4v) is 2.09. The van der Waals surface area contributed by atoms with E-state index in [4.69, 9.17) is 4.74 Å². The van der Waals surface area contributed by atoms with Gasteiger partial charge in [-0.1, -0.05) is 35.0 Å². The lowest BCUT2D eigenvalue weighted by atomic mass is 9.91. The van der Waals surface area contributed by atoms with Gasteiger partial charge in [0.15, 0.2) is 0 Å². The lowest BCUT2D eigenvalue weighted by Crippen LogP contribution is -2.42. The van der Waals surface area contributed by atoms with Crippen LogP contribution in [-0.4, -0.2) is 23.4 Å². The number of aliphatic hydroxyl groups is 1. The molecule has 2 nitrogen and oxygen atoms in total. The average molecular weight is 301 g/mol. The molecule has 2 unspecified atom stereocenters. The van der Waals surface area contributed by atoms with Crippen LogP contribution in [0.3, 0.4) is 0 Å². The molecule has 17 heavy (non-hydrogen) atoms. The first-order valence-electron chi connectivity index (χ1n) is 6.08. The SMILES string of the molecule is CCOC(C)(CC)C(O)Cc1ccc(Br)cc1. The third kappa shape index (κ3) is 4.09. The molecule has 1 N–H and O–H groups in total. The second-order valence-corrected chi connectivity index (χ2v) is 5.36. The summed E-state index contributed by atoms with van der Waals surface area (Å²) >= 11 is 3.40. The van der Waals surface area contributed by atoms with E-state index in [1.54, 1.807) is 0 Å². The Hall–Kier alpha value is -0.380. The van der Waals surface area contributed by atoms with Gasteiger partial charge in [-0.3, -0.25) is 0 Å². The molecule has 0 aromatic heterocycles. The van der Waals surface area contributed by atoms with Gasteiger partial charge in [0, 0.05) is 17.5 Å². The van der Waals surface area contributed by atoms with Crippen molar-refractivity contribution < 1.29 is 9.84 Å². The fourth-order valence-electron chi connectivity index (χ4n) is 1.82. The van der Waals surface area contributed by atoms with E-state index in [9.17, 15) is 5.11 Å². The zero-order valence-electron chi connectivity index (χ0n) is 10.7. The highest BCUT2D eigenvalue weighted by Gasteiger charge is 2.31. The molecule has 1 aromatic rings. The molecule has 3 heteroatoms. The molecule has 0 saturated carbocycles. The number of aliphatic hydroxyl groups excluding tert-OH is 1. The van der Waals surface area contributed by atoms with Crippen LogP contribution in [0.5, 0.6) is 0 Å². The van der Waals surface area contributed by atoms with Gasteiger partial charge in [0.25, 0.3) is 0 Å². The third-order valence-corrected chi connectivity index (χ3v) is 3.75. The summed E-state index contributed by atoms with van der Waals surface area (Å²) in [7, 11) is 0. The quantitative estimate of drug-likeness (QED) is 0.870. The van der Waals surface area contributed by atoms with Gasteiger partial charge in [-0.05, 0) is 38.0 Å². The summed E-state index contributed by atoms with van der Waals surface area (Å²) in [5, 5.41) is 10.3. The number of hydrogen-bond donors (Lipinski definition) is 1. The minimum atomic E-state index is -0.478. The maximum absolute atomic E-state index is 10.3. The van der Waals surface area contributed by atoms with E-state index >= 15 is 0 Å². The maximum atomic E-state index is 10.3. The highest BCUT2D eigenvalue weighted by molar-refractivity contribution is 9.10. The van der Waals surface area contributed by atoms with E-state index in [0.717, 1.165) is 16.5 Å². The van der Waals surface area contributed by atoms with Crippen molar-refractivity contribution in [2.24, 2.45) is 0 Å². The minimum absolute atomic E-state index is 0.457. The molecule has 0 bridgehead atoms. The molecular formula is C14H21BrO2. The Morgan fingerprint density at radius 2 is 1.88 bits per heavy atom. The van der Waals surface area contributed by atoms with Crippen molar-refractivity contribution in [1.82, 2.24) is 0 Å². The zero-order valence-corrected chi connectivity index (χ0v) is 12.3. The minimum Gasteiger partial charge on any atom is -0.390 e. The van der Waals surface area contributed by atoms with E-state index in [1.165, 1.54) is 0 Å². The van der Waals surface area contributed by atoms with Crippen LogP contribution in [0, 0.1) is 0 Å². The van der Waals surface area contributed by atoms with Crippen molar-refractivity contribution in [2.45, 2.75) is 45.3 Å². The van der Waals surface area contributed by atoms with Crippen molar-refractivity contribution >= 4 is 15.9 Å². The van der Waals surface area contributed by atoms with Crippen molar-refractivity contribution in [3.8, 4) is 0 Å². The number of halogens is 1. The molecule has 0 amide bonds. The molecule has 2 atom stereocenters. The highest BCUT2D eigenvalue weighted by atomic mass is 79.9. The Labute approximate surface area is 112 Å². The van der Waals surface area contributed by atoms with Crippen molar-refractivity contribution in [3.05, 3.63) is 34.3 Å². The molecule has 1 aromatic carbocycles. The number of hydrogen-bond acceptors (Lipinski definition) is 2. The van der Waals surface area contributed by atoms with Crippen LogP contribution in [0.4, 0.5) is 0 Å². The van der Waals surface area contributed by atoms with Gasteiger partial charge in [0.1, 0.15) is 0 Å². The average Bonchev–Trinajstić information content (AvgIpc) is 2.32. The smallest absolute Gasteiger partial charge is 0.0912 e. The molecule has 0 aliphatic heterocycles. The summed E-state index contributed by atoms with van der Waals surface area (Å²) in [6.07, 6.45) is 0.949. The van der Waals surface area contributed by atoms with E-state index in [2.05, 4.69) is 15.9 Å². The fraction of sp³-hybridized carbons (Fsp3) is 0.571. The Morgan fingerprint density at radius 3 is 2.35 bits per heavy atom. The van der Waals surface area contributed by atoms with Gasteiger partial charge in [-0.2, -0.15) is 0 Å². The van der Waals surface area contributed by atoms with Crippen LogP contribution >= 0.6 is 15.9 Å². The van der Waals surface area contributed by atoms with Crippen LogP contribution in [-0.2, 0) is 11.2 Å². The summed E-state index contributed by atoms with van der Waals surface area (Å²) in [5.41, 5.74) is 0.669. The molecule has 0 radical (unpaired) electrons. The van der Waals surface area contributed by atoms with Gasteiger partial charge in [-0.25, -0.2) is 0 Å².